The van der Waals surface area contributed by atoms with Crippen molar-refractivity contribution in [3.63, 3.8) is 0 Å². The maximum absolute atomic E-state index is 3.26. The van der Waals surface area contributed by atoms with Crippen molar-refractivity contribution in [2.24, 2.45) is 0 Å². The second-order valence-corrected chi connectivity index (χ2v) is 2.31. The van der Waals surface area contributed by atoms with E-state index in [1.165, 1.54) is 0 Å². The zero-order valence-corrected chi connectivity index (χ0v) is 7.07. The van der Waals surface area contributed by atoms with E-state index in [2.05, 4.69) is 50.7 Å². The number of rotatable bonds is 2. The van der Waals surface area contributed by atoms with Gasteiger partial charge in [0.15, 0.2) is 0 Å². The molecule has 0 N–H and O–H groups in total. The van der Waals surface area contributed by atoms with Crippen LogP contribution in [0.25, 0.3) is 0 Å². The topological polar surface area (TPSA) is 0 Å². The highest BCUT2D eigenvalue weighted by molar-refractivity contribution is 14.1. The summed E-state index contributed by atoms with van der Waals surface area (Å²) in [6.45, 7) is 0. The van der Waals surface area contributed by atoms with Crippen molar-refractivity contribution in [1.29, 1.82) is 0 Å². The Hall–Kier alpha value is 0.950. The van der Waals surface area contributed by atoms with E-state index in [-0.39, 0.29) is 0 Å². The summed E-state index contributed by atoms with van der Waals surface area (Å²) >= 11 is 5.56. The predicted molar refractivity (Wildman–Crippen MR) is 41.8 cm³/mol. The molecule has 0 aliphatic carbocycles. The molecule has 0 heterocycles. The van der Waals surface area contributed by atoms with Gasteiger partial charge in [0.1, 0.15) is 0 Å². The van der Waals surface area contributed by atoms with E-state index in [0.717, 1.165) is 9.76 Å². The van der Waals surface area contributed by atoms with Crippen molar-refractivity contribution in [2.45, 2.75) is 0 Å². The normalized spacial score (nSPS) is 10.3. The standard InChI is InChI=1S/C4H6BrI/c5-3-1-2-4-6/h1-2H,3-4H2. The molecule has 0 aromatic heterocycles. The van der Waals surface area contributed by atoms with Gasteiger partial charge in [-0.05, 0) is 0 Å². The molecule has 0 nitrogen and oxygen atoms in total. The van der Waals surface area contributed by atoms with E-state index in [1.54, 1.807) is 0 Å². The molecule has 0 aromatic carbocycles. The summed E-state index contributed by atoms with van der Waals surface area (Å²) in [4.78, 5) is 0. The van der Waals surface area contributed by atoms with Gasteiger partial charge in [0.25, 0.3) is 0 Å². The minimum atomic E-state index is 0.982. The van der Waals surface area contributed by atoms with E-state index < -0.39 is 0 Å². The average Bonchev–Trinajstić information content (AvgIpc) is 1.61. The second-order valence-electron chi connectivity index (χ2n) is 0.780. The summed E-state index contributed by atoms with van der Waals surface area (Å²) in [5.41, 5.74) is 0. The molecular formula is C4H6BrI. The monoisotopic (exact) mass is 260 g/mol. The highest BCUT2D eigenvalue weighted by Gasteiger charge is 1.62. The van der Waals surface area contributed by atoms with Gasteiger partial charge in [0, 0.05) is 9.76 Å². The summed E-state index contributed by atoms with van der Waals surface area (Å²) in [7, 11) is 0. The van der Waals surface area contributed by atoms with Crippen LogP contribution in [0.2, 0.25) is 0 Å². The maximum atomic E-state index is 3.26. The van der Waals surface area contributed by atoms with Crippen molar-refractivity contribution < 1.29 is 0 Å². The van der Waals surface area contributed by atoms with Gasteiger partial charge in [-0.25, -0.2) is 0 Å². The molecule has 0 saturated heterocycles. The lowest BCUT2D eigenvalue weighted by Gasteiger charge is -1.70. The lowest BCUT2D eigenvalue weighted by Crippen LogP contribution is -1.58. The van der Waals surface area contributed by atoms with E-state index in [4.69, 9.17) is 0 Å². The molecule has 6 heavy (non-hydrogen) atoms. The second kappa shape index (κ2) is 5.95. The van der Waals surface area contributed by atoms with Crippen LogP contribution in [0.15, 0.2) is 12.2 Å². The molecule has 0 radical (unpaired) electrons. The Labute approximate surface area is 60.3 Å². The fraction of sp³-hybridized carbons (Fsp3) is 0.500. The van der Waals surface area contributed by atoms with Crippen molar-refractivity contribution >= 4 is 38.5 Å². The Kier molecular flexibility index (Phi) is 6.89. The van der Waals surface area contributed by atoms with Crippen LogP contribution in [-0.2, 0) is 0 Å². The van der Waals surface area contributed by atoms with E-state index in [1.807, 2.05) is 0 Å². The Morgan fingerprint density at radius 3 is 2.33 bits per heavy atom. The quantitative estimate of drug-likeness (QED) is 0.406. The third-order valence-electron chi connectivity index (χ3n) is 0.345. The summed E-state index contributed by atoms with van der Waals surface area (Å²) in [5, 5.41) is 0.982. The first-order valence-corrected chi connectivity index (χ1v) is 4.33. The molecular weight excluding hydrogens is 255 g/mol. The SMILES string of the molecule is BrCC=CCI. The fourth-order valence-electron chi connectivity index (χ4n) is 0.126. The van der Waals surface area contributed by atoms with Crippen LogP contribution in [0, 0.1) is 0 Å². The molecule has 0 unspecified atom stereocenters. The Morgan fingerprint density at radius 1 is 1.50 bits per heavy atom. The summed E-state index contributed by atoms with van der Waals surface area (Å²) in [5.74, 6) is 0. The molecule has 0 aliphatic rings. The molecule has 0 spiro atoms. The molecule has 0 amide bonds. The Balaban J connectivity index is 2.73. The molecule has 0 saturated carbocycles. The molecule has 0 atom stereocenters. The highest BCUT2D eigenvalue weighted by atomic mass is 127. The van der Waals surface area contributed by atoms with Gasteiger partial charge in [0.05, 0.1) is 0 Å². The van der Waals surface area contributed by atoms with E-state index in [9.17, 15) is 0 Å². The number of halogens is 2. The summed E-state index contributed by atoms with van der Waals surface area (Å²) in [6, 6.07) is 0. The minimum absolute atomic E-state index is 0.982. The van der Waals surface area contributed by atoms with Crippen LogP contribution in [0.3, 0.4) is 0 Å². The van der Waals surface area contributed by atoms with Gasteiger partial charge >= 0.3 is 0 Å². The van der Waals surface area contributed by atoms with Gasteiger partial charge < -0.3 is 0 Å². The highest BCUT2D eigenvalue weighted by Crippen LogP contribution is 1.85. The fourth-order valence-corrected chi connectivity index (χ4v) is 0.750. The molecule has 0 bridgehead atoms. The van der Waals surface area contributed by atoms with Crippen molar-refractivity contribution in [3.8, 4) is 0 Å². The molecule has 0 aliphatic heterocycles. The number of hydrogen-bond acceptors (Lipinski definition) is 0. The number of allylic oxidation sites excluding steroid dienone is 2. The lowest BCUT2D eigenvalue weighted by molar-refractivity contribution is 1.72. The molecule has 0 aromatic rings. The van der Waals surface area contributed by atoms with E-state index in [0.29, 0.717) is 0 Å². The maximum Gasteiger partial charge on any atom is 0.0212 e. The van der Waals surface area contributed by atoms with Gasteiger partial charge in [-0.2, -0.15) is 0 Å². The smallest absolute Gasteiger partial charge is 0.0212 e. The van der Waals surface area contributed by atoms with Gasteiger partial charge in [-0.15, -0.1) is 0 Å². The molecule has 0 rings (SSSR count). The van der Waals surface area contributed by atoms with Crippen LogP contribution in [-0.4, -0.2) is 9.76 Å². The minimum Gasteiger partial charge on any atom is -0.0883 e. The van der Waals surface area contributed by atoms with Crippen molar-refractivity contribution in [2.75, 3.05) is 9.76 Å². The summed E-state index contributed by atoms with van der Waals surface area (Å²) in [6.07, 6.45) is 4.21. The van der Waals surface area contributed by atoms with Gasteiger partial charge in [0.2, 0.25) is 0 Å². The van der Waals surface area contributed by atoms with Crippen LogP contribution < -0.4 is 0 Å². The van der Waals surface area contributed by atoms with Crippen molar-refractivity contribution in [1.82, 2.24) is 0 Å². The average molecular weight is 261 g/mol. The molecule has 2 heteroatoms. The molecule has 36 valence electrons. The van der Waals surface area contributed by atoms with Crippen LogP contribution in [0.1, 0.15) is 0 Å². The third-order valence-corrected chi connectivity index (χ3v) is 1.23. The first-order chi connectivity index (χ1) is 2.91. The Bertz CT molecular complexity index is 36.8. The van der Waals surface area contributed by atoms with Gasteiger partial charge in [-0.1, -0.05) is 50.7 Å². The first kappa shape index (κ1) is 6.95. The largest absolute Gasteiger partial charge is 0.0883 e. The third kappa shape index (κ3) is 4.95. The Morgan fingerprint density at radius 2 is 2.17 bits per heavy atom. The van der Waals surface area contributed by atoms with Crippen LogP contribution >= 0.6 is 38.5 Å². The zero-order chi connectivity index (χ0) is 4.83. The van der Waals surface area contributed by atoms with E-state index >= 15 is 0 Å². The molecule has 0 fully saturated rings. The van der Waals surface area contributed by atoms with Crippen LogP contribution in [0.5, 0.6) is 0 Å². The lowest BCUT2D eigenvalue weighted by atomic mass is 10.6. The number of hydrogen-bond donors (Lipinski definition) is 0. The first-order valence-electron chi connectivity index (χ1n) is 1.68. The zero-order valence-electron chi connectivity index (χ0n) is 3.32. The summed E-state index contributed by atoms with van der Waals surface area (Å²) < 4.78 is 1.11. The predicted octanol–water partition coefficient (Wildman–Crippen LogP) is 2.37. The number of alkyl halides is 2. The van der Waals surface area contributed by atoms with Crippen LogP contribution in [0.4, 0.5) is 0 Å². The van der Waals surface area contributed by atoms with Gasteiger partial charge in [-0.3, -0.25) is 0 Å². The van der Waals surface area contributed by atoms with Crippen molar-refractivity contribution in [3.05, 3.63) is 12.2 Å².